The van der Waals surface area contributed by atoms with E-state index in [-0.39, 0.29) is 0 Å². The number of hydrogen-bond donors (Lipinski definition) is 1. The average molecular weight is 214 g/mol. The summed E-state index contributed by atoms with van der Waals surface area (Å²) in [5, 5.41) is 4.24. The molecule has 72 valence electrons. The van der Waals surface area contributed by atoms with Crippen molar-refractivity contribution >= 4 is 28.5 Å². The van der Waals surface area contributed by atoms with Gasteiger partial charge in [-0.25, -0.2) is 0 Å². The summed E-state index contributed by atoms with van der Waals surface area (Å²) in [6, 6.07) is 2.13. The molecule has 0 fully saturated rings. The molecule has 0 bridgehead atoms. The van der Waals surface area contributed by atoms with Crippen molar-refractivity contribution in [1.29, 1.82) is 0 Å². The van der Waals surface area contributed by atoms with Crippen LogP contribution in [-0.4, -0.2) is 23.0 Å². The molecule has 1 heterocycles. The number of nitrogens with zero attached hydrogens (tertiary/aromatic N) is 1. The molecule has 0 amide bonds. The SMILES string of the molecule is CCN(CC(N)=S)Cc1ccsc1. The molecule has 4 heteroatoms. The van der Waals surface area contributed by atoms with E-state index in [0.717, 1.165) is 13.1 Å². The second-order valence-electron chi connectivity index (χ2n) is 2.90. The van der Waals surface area contributed by atoms with Crippen molar-refractivity contribution in [2.75, 3.05) is 13.1 Å². The molecule has 2 N–H and O–H groups in total. The Morgan fingerprint density at radius 2 is 2.46 bits per heavy atom. The predicted octanol–water partition coefficient (Wildman–Crippen LogP) is 1.86. The molecule has 0 aromatic carbocycles. The van der Waals surface area contributed by atoms with E-state index >= 15 is 0 Å². The Hall–Kier alpha value is -0.450. The smallest absolute Gasteiger partial charge is 0.0870 e. The molecule has 13 heavy (non-hydrogen) atoms. The Bertz CT molecular complexity index is 257. The van der Waals surface area contributed by atoms with Crippen LogP contribution in [0.3, 0.4) is 0 Å². The quantitative estimate of drug-likeness (QED) is 0.759. The summed E-state index contributed by atoms with van der Waals surface area (Å²) in [6.07, 6.45) is 0. The van der Waals surface area contributed by atoms with Crippen molar-refractivity contribution in [3.63, 3.8) is 0 Å². The lowest BCUT2D eigenvalue weighted by Crippen LogP contribution is -2.31. The fourth-order valence-corrected chi connectivity index (χ4v) is 1.98. The molecule has 0 saturated heterocycles. The first-order valence-corrected chi connectivity index (χ1v) is 5.59. The van der Waals surface area contributed by atoms with Gasteiger partial charge in [-0.2, -0.15) is 11.3 Å². The van der Waals surface area contributed by atoms with Crippen molar-refractivity contribution < 1.29 is 0 Å². The molecule has 0 spiro atoms. The molecular weight excluding hydrogens is 200 g/mol. The van der Waals surface area contributed by atoms with Crippen molar-refractivity contribution in [1.82, 2.24) is 4.90 Å². The van der Waals surface area contributed by atoms with Gasteiger partial charge in [0.05, 0.1) is 4.99 Å². The molecular formula is C9H14N2S2. The number of likely N-dealkylation sites (N-methyl/N-ethyl adjacent to an activating group) is 1. The highest BCUT2D eigenvalue weighted by atomic mass is 32.1. The van der Waals surface area contributed by atoms with Gasteiger partial charge in [0.15, 0.2) is 0 Å². The van der Waals surface area contributed by atoms with Gasteiger partial charge < -0.3 is 5.73 Å². The summed E-state index contributed by atoms with van der Waals surface area (Å²) in [4.78, 5) is 2.79. The standard InChI is InChI=1S/C9H14N2S2/c1-2-11(6-9(10)12)5-8-3-4-13-7-8/h3-4,7H,2,5-6H2,1H3,(H2,10,12). The Balaban J connectivity index is 2.45. The van der Waals surface area contributed by atoms with Gasteiger partial charge in [0.2, 0.25) is 0 Å². The maximum atomic E-state index is 5.49. The third-order valence-corrected chi connectivity index (χ3v) is 2.67. The van der Waals surface area contributed by atoms with E-state index in [1.165, 1.54) is 5.56 Å². The first-order chi connectivity index (χ1) is 6.22. The summed E-state index contributed by atoms with van der Waals surface area (Å²) in [5.74, 6) is 0. The van der Waals surface area contributed by atoms with Crippen LogP contribution >= 0.6 is 23.6 Å². The number of rotatable bonds is 5. The van der Waals surface area contributed by atoms with Crippen LogP contribution in [0.15, 0.2) is 16.8 Å². The Kier molecular flexibility index (Phi) is 4.35. The maximum absolute atomic E-state index is 5.49. The fourth-order valence-electron chi connectivity index (χ4n) is 1.14. The van der Waals surface area contributed by atoms with Crippen molar-refractivity contribution in [2.45, 2.75) is 13.5 Å². The summed E-state index contributed by atoms with van der Waals surface area (Å²) >= 11 is 6.59. The zero-order chi connectivity index (χ0) is 9.68. The lowest BCUT2D eigenvalue weighted by atomic mass is 10.3. The molecule has 1 aromatic heterocycles. The zero-order valence-electron chi connectivity index (χ0n) is 7.69. The number of hydrogen-bond acceptors (Lipinski definition) is 3. The van der Waals surface area contributed by atoms with E-state index < -0.39 is 0 Å². The minimum absolute atomic E-state index is 0.567. The van der Waals surface area contributed by atoms with Crippen LogP contribution in [0.2, 0.25) is 0 Å². The summed E-state index contributed by atoms with van der Waals surface area (Å²) in [5.41, 5.74) is 6.83. The van der Waals surface area contributed by atoms with Crippen LogP contribution in [0, 0.1) is 0 Å². The van der Waals surface area contributed by atoms with E-state index in [2.05, 4.69) is 28.7 Å². The Morgan fingerprint density at radius 3 is 2.92 bits per heavy atom. The van der Waals surface area contributed by atoms with Crippen LogP contribution < -0.4 is 5.73 Å². The van der Waals surface area contributed by atoms with Gasteiger partial charge >= 0.3 is 0 Å². The molecule has 0 aliphatic rings. The largest absolute Gasteiger partial charge is 0.392 e. The molecule has 0 atom stereocenters. The van der Waals surface area contributed by atoms with Crippen molar-refractivity contribution in [3.05, 3.63) is 22.4 Å². The van der Waals surface area contributed by atoms with Gasteiger partial charge in [0, 0.05) is 13.1 Å². The lowest BCUT2D eigenvalue weighted by Gasteiger charge is -2.18. The van der Waals surface area contributed by atoms with Gasteiger partial charge in [-0.3, -0.25) is 4.90 Å². The minimum atomic E-state index is 0.567. The summed E-state index contributed by atoms with van der Waals surface area (Å²) in [6.45, 7) is 4.75. The van der Waals surface area contributed by atoms with Gasteiger partial charge in [0.1, 0.15) is 0 Å². The normalized spacial score (nSPS) is 10.6. The zero-order valence-corrected chi connectivity index (χ0v) is 9.33. The monoisotopic (exact) mass is 214 g/mol. The highest BCUT2D eigenvalue weighted by Crippen LogP contribution is 2.08. The second kappa shape index (κ2) is 5.32. The molecule has 0 radical (unpaired) electrons. The van der Waals surface area contributed by atoms with Gasteiger partial charge in [-0.1, -0.05) is 19.1 Å². The van der Waals surface area contributed by atoms with Gasteiger partial charge in [0.25, 0.3) is 0 Å². The van der Waals surface area contributed by atoms with Crippen LogP contribution in [-0.2, 0) is 6.54 Å². The van der Waals surface area contributed by atoms with E-state index in [0.29, 0.717) is 11.5 Å². The summed E-state index contributed by atoms with van der Waals surface area (Å²) in [7, 11) is 0. The third kappa shape index (κ3) is 3.85. The molecule has 0 saturated carbocycles. The average Bonchev–Trinajstić information content (AvgIpc) is 2.55. The third-order valence-electron chi connectivity index (χ3n) is 1.81. The first kappa shape index (κ1) is 10.6. The van der Waals surface area contributed by atoms with E-state index in [9.17, 15) is 0 Å². The first-order valence-electron chi connectivity index (χ1n) is 4.24. The number of thiophene rings is 1. The molecule has 0 aliphatic heterocycles. The van der Waals surface area contributed by atoms with Crippen LogP contribution in [0.1, 0.15) is 12.5 Å². The van der Waals surface area contributed by atoms with Gasteiger partial charge in [-0.05, 0) is 28.9 Å². The highest BCUT2D eigenvalue weighted by Gasteiger charge is 2.04. The Labute approximate surface area is 88.4 Å². The van der Waals surface area contributed by atoms with Crippen LogP contribution in [0.25, 0.3) is 0 Å². The van der Waals surface area contributed by atoms with E-state index in [1.54, 1.807) is 11.3 Å². The fraction of sp³-hybridized carbons (Fsp3) is 0.444. The second-order valence-corrected chi connectivity index (χ2v) is 4.21. The maximum Gasteiger partial charge on any atom is 0.0870 e. The summed E-state index contributed by atoms with van der Waals surface area (Å²) < 4.78 is 0. The minimum Gasteiger partial charge on any atom is -0.392 e. The van der Waals surface area contributed by atoms with E-state index in [1.807, 2.05) is 0 Å². The molecule has 2 nitrogen and oxygen atoms in total. The predicted molar refractivity (Wildman–Crippen MR) is 62.1 cm³/mol. The molecule has 0 aliphatic carbocycles. The van der Waals surface area contributed by atoms with Crippen molar-refractivity contribution in [3.8, 4) is 0 Å². The topological polar surface area (TPSA) is 29.3 Å². The molecule has 0 unspecified atom stereocenters. The van der Waals surface area contributed by atoms with Crippen molar-refractivity contribution in [2.24, 2.45) is 5.73 Å². The molecule has 1 rings (SSSR count). The van der Waals surface area contributed by atoms with E-state index in [4.69, 9.17) is 18.0 Å². The highest BCUT2D eigenvalue weighted by molar-refractivity contribution is 7.80. The van der Waals surface area contributed by atoms with Crippen LogP contribution in [0.5, 0.6) is 0 Å². The number of thiocarbonyl (C=S) groups is 1. The number of nitrogens with two attached hydrogens (primary N) is 1. The Morgan fingerprint density at radius 1 is 1.69 bits per heavy atom. The lowest BCUT2D eigenvalue weighted by molar-refractivity contribution is 0.321. The van der Waals surface area contributed by atoms with Crippen LogP contribution in [0.4, 0.5) is 0 Å². The van der Waals surface area contributed by atoms with Gasteiger partial charge in [-0.15, -0.1) is 0 Å². The molecule has 1 aromatic rings.